The average molecular weight is 502 g/mol. The number of nitrogens with one attached hydrogen (secondary N) is 1. The Labute approximate surface area is 195 Å². The van der Waals surface area contributed by atoms with Crippen LogP contribution in [0.4, 0.5) is 13.2 Å². The SMILES string of the molecule is CC(=O)NS(=O)(=O)Oc1cc2c(cc1OCC(F)(F)F)C1=C(CC2)[C@]23C[C@H]2C[C@@H](O)[C@@]3(C)CC1. The number of fused-ring (bicyclic) bond motifs is 2. The Balaban J connectivity index is 1.57. The van der Waals surface area contributed by atoms with Gasteiger partial charge in [0.1, 0.15) is 0 Å². The Hall–Kier alpha value is -2.27. The Bertz CT molecular complexity index is 1210. The molecule has 34 heavy (non-hydrogen) atoms. The van der Waals surface area contributed by atoms with Crippen LogP contribution in [0.15, 0.2) is 17.7 Å². The number of allylic oxidation sites excluding steroid dienone is 2. The van der Waals surface area contributed by atoms with Crippen LogP contribution in [-0.4, -0.2) is 38.3 Å². The number of carbonyl (C=O) groups is 1. The summed E-state index contributed by atoms with van der Waals surface area (Å²) in [5.74, 6) is -1.23. The molecule has 0 heterocycles. The number of aliphatic hydroxyl groups is 1. The molecule has 0 aliphatic heterocycles. The Morgan fingerprint density at radius 2 is 1.97 bits per heavy atom. The first-order valence-electron chi connectivity index (χ1n) is 11.3. The van der Waals surface area contributed by atoms with Gasteiger partial charge >= 0.3 is 16.5 Å². The summed E-state index contributed by atoms with van der Waals surface area (Å²) < 4.78 is 74.5. The van der Waals surface area contributed by atoms with Crippen molar-refractivity contribution in [2.24, 2.45) is 16.7 Å². The molecule has 0 radical (unpaired) electrons. The summed E-state index contributed by atoms with van der Waals surface area (Å²) >= 11 is 0. The summed E-state index contributed by atoms with van der Waals surface area (Å²) in [5, 5.41) is 10.7. The van der Waals surface area contributed by atoms with E-state index < -0.39 is 34.7 Å². The zero-order valence-corrected chi connectivity index (χ0v) is 19.6. The van der Waals surface area contributed by atoms with Gasteiger partial charge in [0.15, 0.2) is 18.1 Å². The van der Waals surface area contributed by atoms with E-state index in [9.17, 15) is 31.5 Å². The molecular formula is C23H26F3NO6S. The number of halogens is 3. The minimum Gasteiger partial charge on any atom is -0.480 e. The zero-order valence-electron chi connectivity index (χ0n) is 18.8. The normalized spacial score (nSPS) is 31.7. The van der Waals surface area contributed by atoms with Crippen molar-refractivity contribution < 1.29 is 40.4 Å². The fraction of sp³-hybridized carbons (Fsp3) is 0.609. The lowest BCUT2D eigenvalue weighted by atomic mass is 9.59. The average Bonchev–Trinajstić information content (AvgIpc) is 3.36. The Kier molecular flexibility index (Phi) is 5.08. The summed E-state index contributed by atoms with van der Waals surface area (Å²) in [4.78, 5) is 11.2. The van der Waals surface area contributed by atoms with Crippen LogP contribution in [0, 0.1) is 16.7 Å². The van der Waals surface area contributed by atoms with Crippen LogP contribution < -0.4 is 13.6 Å². The molecule has 4 atom stereocenters. The van der Waals surface area contributed by atoms with Crippen molar-refractivity contribution in [3.05, 3.63) is 28.8 Å². The maximum absolute atomic E-state index is 12.9. The maximum Gasteiger partial charge on any atom is 0.422 e. The van der Waals surface area contributed by atoms with E-state index in [1.807, 2.05) is 0 Å². The first-order chi connectivity index (χ1) is 15.8. The smallest absolute Gasteiger partial charge is 0.422 e. The molecule has 5 rings (SSSR count). The Morgan fingerprint density at radius 3 is 2.65 bits per heavy atom. The van der Waals surface area contributed by atoms with E-state index in [0.717, 1.165) is 49.3 Å². The molecule has 4 aliphatic carbocycles. The number of hydrogen-bond donors (Lipinski definition) is 2. The number of aliphatic hydroxyl groups excluding tert-OH is 1. The lowest BCUT2D eigenvalue weighted by Gasteiger charge is -2.46. The monoisotopic (exact) mass is 501 g/mol. The van der Waals surface area contributed by atoms with Crippen molar-refractivity contribution in [2.45, 2.75) is 64.7 Å². The van der Waals surface area contributed by atoms with E-state index in [2.05, 4.69) is 6.92 Å². The van der Waals surface area contributed by atoms with Gasteiger partial charge in [0.25, 0.3) is 0 Å². The highest BCUT2D eigenvalue weighted by molar-refractivity contribution is 7.85. The molecule has 11 heteroatoms. The second kappa shape index (κ2) is 7.36. The number of carbonyl (C=O) groups excluding carboxylic acids is 1. The summed E-state index contributed by atoms with van der Waals surface area (Å²) in [5.41, 5.74) is 3.57. The van der Waals surface area contributed by atoms with Crippen LogP contribution in [0.25, 0.3) is 5.57 Å². The van der Waals surface area contributed by atoms with E-state index in [1.54, 1.807) is 4.72 Å². The number of benzene rings is 1. The minimum atomic E-state index is -4.64. The second-order valence-corrected chi connectivity index (χ2v) is 11.3. The second-order valence-electron chi connectivity index (χ2n) is 10.1. The maximum atomic E-state index is 12.9. The molecule has 0 bridgehead atoms. The molecule has 0 aromatic heterocycles. The van der Waals surface area contributed by atoms with E-state index >= 15 is 0 Å². The van der Waals surface area contributed by atoms with Crippen molar-refractivity contribution in [1.82, 2.24) is 4.72 Å². The standard InChI is InChI=1S/C23H26F3NO6S/c1-12(28)27-34(30,31)33-19-7-13-3-4-17-15(16(13)9-18(19)32-11-23(24,25)26)5-6-21(2)20(29)8-14-10-22(14,17)21/h7,9,14,20,29H,3-6,8,10-11H2,1-2H3,(H,27,28)/t14-,20-,21-,22+/m1/s1. The van der Waals surface area contributed by atoms with Gasteiger partial charge in [-0.2, -0.15) is 21.6 Å². The number of alkyl halides is 3. The number of rotatable bonds is 5. The van der Waals surface area contributed by atoms with E-state index in [0.29, 0.717) is 18.8 Å². The summed E-state index contributed by atoms with van der Waals surface area (Å²) in [7, 11) is -4.59. The highest BCUT2D eigenvalue weighted by atomic mass is 32.2. The van der Waals surface area contributed by atoms with Gasteiger partial charge in [0, 0.05) is 17.8 Å². The van der Waals surface area contributed by atoms with E-state index in [4.69, 9.17) is 8.92 Å². The van der Waals surface area contributed by atoms with Crippen molar-refractivity contribution in [3.63, 3.8) is 0 Å². The highest BCUT2D eigenvalue weighted by Crippen LogP contribution is 2.80. The molecule has 2 fully saturated rings. The van der Waals surface area contributed by atoms with Gasteiger partial charge in [-0.25, -0.2) is 4.72 Å². The van der Waals surface area contributed by atoms with Gasteiger partial charge in [-0.15, -0.1) is 0 Å². The number of ether oxygens (including phenoxy) is 1. The van der Waals surface area contributed by atoms with E-state index in [1.165, 1.54) is 17.7 Å². The van der Waals surface area contributed by atoms with Crippen molar-refractivity contribution in [2.75, 3.05) is 6.61 Å². The van der Waals surface area contributed by atoms with Crippen LogP contribution >= 0.6 is 0 Å². The first-order valence-corrected chi connectivity index (χ1v) is 12.7. The van der Waals surface area contributed by atoms with Crippen LogP contribution in [0.1, 0.15) is 57.1 Å². The molecule has 1 spiro atoms. The number of aryl methyl sites for hydroxylation is 1. The van der Waals surface area contributed by atoms with Crippen LogP contribution in [0.5, 0.6) is 11.5 Å². The predicted molar refractivity (Wildman–Crippen MR) is 115 cm³/mol. The summed E-state index contributed by atoms with van der Waals surface area (Å²) in [6, 6.07) is 2.82. The lowest BCUT2D eigenvalue weighted by molar-refractivity contribution is -0.153. The lowest BCUT2D eigenvalue weighted by Crippen LogP contribution is -2.41. The number of amides is 1. The van der Waals surface area contributed by atoms with Gasteiger partial charge in [0.05, 0.1) is 6.10 Å². The highest BCUT2D eigenvalue weighted by Gasteiger charge is 2.74. The quantitative estimate of drug-likeness (QED) is 0.639. The number of hydrogen-bond acceptors (Lipinski definition) is 6. The third-order valence-corrected chi connectivity index (χ3v) is 9.10. The third kappa shape index (κ3) is 3.59. The van der Waals surface area contributed by atoms with Gasteiger partial charge in [0.2, 0.25) is 5.91 Å². The largest absolute Gasteiger partial charge is 0.480 e. The molecule has 0 unspecified atom stereocenters. The van der Waals surface area contributed by atoms with Gasteiger partial charge < -0.3 is 14.0 Å². The van der Waals surface area contributed by atoms with Crippen molar-refractivity contribution in [1.29, 1.82) is 0 Å². The third-order valence-electron chi connectivity index (χ3n) is 8.16. The predicted octanol–water partition coefficient (Wildman–Crippen LogP) is 3.66. The van der Waals surface area contributed by atoms with Gasteiger partial charge in [-0.3, -0.25) is 4.79 Å². The molecule has 0 saturated heterocycles. The van der Waals surface area contributed by atoms with Crippen LogP contribution in [0.3, 0.4) is 0 Å². The molecule has 4 aliphatic rings. The molecule has 2 N–H and O–H groups in total. The van der Waals surface area contributed by atoms with Crippen molar-refractivity contribution in [3.8, 4) is 11.5 Å². The first kappa shape index (κ1) is 23.5. The molecule has 1 aromatic rings. The summed E-state index contributed by atoms with van der Waals surface area (Å²) in [6.07, 6.45) is -0.462. The van der Waals surface area contributed by atoms with Gasteiger partial charge in [-0.1, -0.05) is 12.5 Å². The molecule has 1 aromatic carbocycles. The molecule has 1 amide bonds. The van der Waals surface area contributed by atoms with Crippen molar-refractivity contribution >= 4 is 21.8 Å². The minimum absolute atomic E-state index is 0.0609. The summed E-state index contributed by atoms with van der Waals surface area (Å²) in [6.45, 7) is 1.50. The molecule has 186 valence electrons. The van der Waals surface area contributed by atoms with E-state index in [-0.39, 0.29) is 22.7 Å². The molecular weight excluding hydrogens is 475 g/mol. The Morgan fingerprint density at radius 1 is 1.24 bits per heavy atom. The molecule has 2 saturated carbocycles. The van der Waals surface area contributed by atoms with Crippen LogP contribution in [-0.2, 0) is 21.5 Å². The fourth-order valence-electron chi connectivity index (χ4n) is 6.72. The van der Waals surface area contributed by atoms with Crippen LogP contribution in [0.2, 0.25) is 0 Å². The zero-order chi connectivity index (χ0) is 24.7. The topological polar surface area (TPSA) is 102 Å². The van der Waals surface area contributed by atoms with Gasteiger partial charge in [-0.05, 0) is 73.3 Å². The fourth-order valence-corrected chi connectivity index (χ4v) is 7.48. The molecule has 7 nitrogen and oxygen atoms in total.